The van der Waals surface area contributed by atoms with Crippen molar-refractivity contribution in [3.8, 4) is 0 Å². The molecule has 170 valence electrons. The predicted molar refractivity (Wildman–Crippen MR) is 123 cm³/mol. The van der Waals surface area contributed by atoms with Crippen LogP contribution in [0.1, 0.15) is 29.8 Å². The van der Waals surface area contributed by atoms with E-state index in [0.29, 0.717) is 28.2 Å². The normalized spacial score (nSPS) is 14.8. The van der Waals surface area contributed by atoms with Crippen LogP contribution in [0.4, 0.5) is 13.2 Å². The summed E-state index contributed by atoms with van der Waals surface area (Å²) in [5.74, 6) is 0.614. The van der Waals surface area contributed by atoms with Gasteiger partial charge in [-0.25, -0.2) is 4.98 Å². The highest BCUT2D eigenvalue weighted by molar-refractivity contribution is 6.34. The molecule has 1 aliphatic rings. The number of fused-ring (bicyclic) bond motifs is 1. The molecule has 0 unspecified atom stereocenters. The van der Waals surface area contributed by atoms with Gasteiger partial charge in [0.1, 0.15) is 5.82 Å². The number of nitrogens with one attached hydrogen (secondary N) is 1. The second-order valence-corrected chi connectivity index (χ2v) is 8.01. The standard InChI is InChI=1S/C23H21ClF3N3O.ClH/c24-19-4-1-3-18-21(19)28-20(29-22(18)31)5-2-12-30-13-10-16(11-14-30)15-6-8-17(9-7-15)23(25,26)27;/h1,3-4,6-10H,2,5,11-14H2,(H,28,29,31);1H. The number of rotatable bonds is 5. The van der Waals surface area contributed by atoms with Crippen LogP contribution in [0.3, 0.4) is 0 Å². The SMILES string of the molecule is Cl.O=c1[nH]c(CCCN2CC=C(c3ccc(C(F)(F)F)cc3)CC2)nc2c(Cl)cccc12. The summed E-state index contributed by atoms with van der Waals surface area (Å²) in [7, 11) is 0. The summed E-state index contributed by atoms with van der Waals surface area (Å²) in [5, 5.41) is 0.940. The fourth-order valence-corrected chi connectivity index (χ4v) is 4.03. The van der Waals surface area contributed by atoms with Crippen molar-refractivity contribution in [2.24, 2.45) is 0 Å². The van der Waals surface area contributed by atoms with Crippen molar-refractivity contribution in [2.75, 3.05) is 19.6 Å². The molecule has 1 N–H and O–H groups in total. The maximum Gasteiger partial charge on any atom is 0.416 e. The Kier molecular flexibility index (Phi) is 7.64. The lowest BCUT2D eigenvalue weighted by Gasteiger charge is -2.26. The largest absolute Gasteiger partial charge is 0.416 e. The molecule has 4 rings (SSSR count). The Bertz CT molecular complexity index is 1170. The summed E-state index contributed by atoms with van der Waals surface area (Å²) in [6, 6.07) is 10.5. The molecule has 32 heavy (non-hydrogen) atoms. The second kappa shape index (κ2) is 10.1. The molecular formula is C23H22Cl2F3N3O. The van der Waals surface area contributed by atoms with E-state index in [1.54, 1.807) is 18.2 Å². The van der Waals surface area contributed by atoms with E-state index in [2.05, 4.69) is 20.9 Å². The van der Waals surface area contributed by atoms with Gasteiger partial charge in [-0.2, -0.15) is 13.2 Å². The highest BCUT2D eigenvalue weighted by Gasteiger charge is 2.30. The number of aromatic amines is 1. The number of hydrogen-bond acceptors (Lipinski definition) is 3. The van der Waals surface area contributed by atoms with Crippen LogP contribution in [0.2, 0.25) is 5.02 Å². The monoisotopic (exact) mass is 483 g/mol. The molecule has 0 radical (unpaired) electrons. The van der Waals surface area contributed by atoms with Gasteiger partial charge in [-0.3, -0.25) is 9.69 Å². The maximum absolute atomic E-state index is 12.7. The summed E-state index contributed by atoms with van der Waals surface area (Å²) >= 11 is 6.17. The van der Waals surface area contributed by atoms with Gasteiger partial charge >= 0.3 is 6.18 Å². The number of halogens is 5. The van der Waals surface area contributed by atoms with E-state index in [4.69, 9.17) is 11.6 Å². The highest BCUT2D eigenvalue weighted by Crippen LogP contribution is 2.31. The van der Waals surface area contributed by atoms with Crippen LogP contribution in [-0.4, -0.2) is 34.5 Å². The van der Waals surface area contributed by atoms with Crippen molar-refractivity contribution in [3.05, 3.63) is 80.9 Å². The molecule has 0 saturated heterocycles. The van der Waals surface area contributed by atoms with E-state index in [0.717, 1.165) is 55.7 Å². The number of aryl methyl sites for hydroxylation is 1. The van der Waals surface area contributed by atoms with Gasteiger partial charge in [0.25, 0.3) is 5.56 Å². The first kappa shape index (κ1) is 24.3. The van der Waals surface area contributed by atoms with E-state index in [9.17, 15) is 18.0 Å². The van der Waals surface area contributed by atoms with Gasteiger partial charge in [0.2, 0.25) is 0 Å². The van der Waals surface area contributed by atoms with Gasteiger partial charge in [-0.1, -0.05) is 35.9 Å². The van der Waals surface area contributed by atoms with E-state index in [-0.39, 0.29) is 18.0 Å². The number of alkyl halides is 3. The van der Waals surface area contributed by atoms with E-state index >= 15 is 0 Å². The molecule has 0 fully saturated rings. The Labute approximate surface area is 194 Å². The molecule has 0 atom stereocenters. The zero-order valence-corrected chi connectivity index (χ0v) is 18.7. The van der Waals surface area contributed by atoms with Crippen LogP contribution in [0.15, 0.2) is 53.3 Å². The molecule has 0 amide bonds. The molecule has 2 heterocycles. The van der Waals surface area contributed by atoms with Gasteiger partial charge in [-0.05, 0) is 54.8 Å². The van der Waals surface area contributed by atoms with Crippen LogP contribution in [0.25, 0.3) is 16.5 Å². The summed E-state index contributed by atoms with van der Waals surface area (Å²) in [4.78, 5) is 21.8. The van der Waals surface area contributed by atoms with Gasteiger partial charge < -0.3 is 4.98 Å². The molecule has 0 spiro atoms. The van der Waals surface area contributed by atoms with Crippen molar-refractivity contribution in [1.29, 1.82) is 0 Å². The smallest absolute Gasteiger partial charge is 0.310 e. The second-order valence-electron chi connectivity index (χ2n) is 7.61. The van der Waals surface area contributed by atoms with E-state index in [1.807, 2.05) is 0 Å². The number of para-hydroxylation sites is 1. The molecule has 0 aliphatic carbocycles. The number of aromatic nitrogens is 2. The average molecular weight is 484 g/mol. The van der Waals surface area contributed by atoms with Crippen LogP contribution in [0.5, 0.6) is 0 Å². The zero-order chi connectivity index (χ0) is 22.0. The van der Waals surface area contributed by atoms with Gasteiger partial charge in [0.15, 0.2) is 0 Å². The zero-order valence-electron chi connectivity index (χ0n) is 17.1. The predicted octanol–water partition coefficient (Wildman–Crippen LogP) is 5.74. The fourth-order valence-electron chi connectivity index (χ4n) is 3.81. The van der Waals surface area contributed by atoms with Gasteiger partial charge in [0, 0.05) is 19.5 Å². The highest BCUT2D eigenvalue weighted by atomic mass is 35.5. The number of hydrogen-bond donors (Lipinski definition) is 1. The molecule has 3 aromatic rings. The maximum atomic E-state index is 12.7. The molecule has 1 aliphatic heterocycles. The van der Waals surface area contributed by atoms with Crippen LogP contribution >= 0.6 is 24.0 Å². The number of nitrogens with zero attached hydrogens (tertiary/aromatic N) is 2. The summed E-state index contributed by atoms with van der Waals surface area (Å²) in [6.07, 6.45) is -0.00936. The minimum absolute atomic E-state index is 0. The van der Waals surface area contributed by atoms with E-state index in [1.165, 1.54) is 12.1 Å². The van der Waals surface area contributed by atoms with Crippen LogP contribution < -0.4 is 5.56 Å². The first-order valence-electron chi connectivity index (χ1n) is 10.1. The Balaban J connectivity index is 0.00000289. The van der Waals surface area contributed by atoms with Gasteiger partial charge in [-0.15, -0.1) is 12.4 Å². The Morgan fingerprint density at radius 1 is 1.12 bits per heavy atom. The average Bonchev–Trinajstić information content (AvgIpc) is 2.75. The fraction of sp³-hybridized carbons (Fsp3) is 0.304. The Morgan fingerprint density at radius 3 is 2.53 bits per heavy atom. The van der Waals surface area contributed by atoms with Crippen molar-refractivity contribution in [2.45, 2.75) is 25.4 Å². The Hall–Kier alpha value is -2.35. The third kappa shape index (κ3) is 5.52. The molecule has 4 nitrogen and oxygen atoms in total. The summed E-state index contributed by atoms with van der Waals surface area (Å²) < 4.78 is 38.2. The topological polar surface area (TPSA) is 49.0 Å². The number of benzene rings is 2. The third-order valence-corrected chi connectivity index (χ3v) is 5.81. The molecule has 1 aromatic heterocycles. The van der Waals surface area contributed by atoms with Crippen molar-refractivity contribution >= 4 is 40.5 Å². The summed E-state index contributed by atoms with van der Waals surface area (Å²) in [5.41, 5.74) is 1.60. The lowest BCUT2D eigenvalue weighted by Crippen LogP contribution is -2.30. The minimum atomic E-state index is -4.31. The lowest BCUT2D eigenvalue weighted by molar-refractivity contribution is -0.137. The first-order chi connectivity index (χ1) is 14.8. The van der Waals surface area contributed by atoms with Crippen LogP contribution in [0, 0.1) is 0 Å². The van der Waals surface area contributed by atoms with Crippen LogP contribution in [-0.2, 0) is 12.6 Å². The number of H-pyrrole nitrogens is 1. The van der Waals surface area contributed by atoms with E-state index < -0.39 is 11.7 Å². The molecule has 2 aromatic carbocycles. The van der Waals surface area contributed by atoms with Crippen molar-refractivity contribution < 1.29 is 13.2 Å². The summed E-state index contributed by atoms with van der Waals surface area (Å²) in [6.45, 7) is 2.41. The Morgan fingerprint density at radius 2 is 1.88 bits per heavy atom. The lowest BCUT2D eigenvalue weighted by atomic mass is 9.98. The van der Waals surface area contributed by atoms with Crippen molar-refractivity contribution in [1.82, 2.24) is 14.9 Å². The molecule has 9 heteroatoms. The molecular weight excluding hydrogens is 462 g/mol. The van der Waals surface area contributed by atoms with Crippen molar-refractivity contribution in [3.63, 3.8) is 0 Å². The quantitative estimate of drug-likeness (QED) is 0.503. The molecule has 0 bridgehead atoms. The molecule has 0 saturated carbocycles. The first-order valence-corrected chi connectivity index (χ1v) is 10.5. The van der Waals surface area contributed by atoms with Gasteiger partial charge in [0.05, 0.1) is 21.5 Å². The minimum Gasteiger partial charge on any atom is -0.310 e. The third-order valence-electron chi connectivity index (χ3n) is 5.50.